The number of nitrogens with zero attached hydrogens (tertiary/aromatic N) is 2. The number of nitriles is 2. The average Bonchev–Trinajstić information content (AvgIpc) is 3.26. The molecule has 2 aromatic carbocycles. The van der Waals surface area contributed by atoms with Gasteiger partial charge in [-0.25, -0.2) is 8.42 Å². The summed E-state index contributed by atoms with van der Waals surface area (Å²) >= 11 is 5.98. The number of benzene rings is 2. The lowest BCUT2D eigenvalue weighted by Crippen LogP contribution is -2.14. The van der Waals surface area contributed by atoms with Gasteiger partial charge in [0.25, 0.3) is 0 Å². The van der Waals surface area contributed by atoms with Crippen LogP contribution in [0.2, 0.25) is 5.02 Å². The lowest BCUT2D eigenvalue weighted by molar-refractivity contribution is 0.591. The minimum absolute atomic E-state index is 0.123. The molecule has 0 saturated heterocycles. The van der Waals surface area contributed by atoms with Crippen LogP contribution in [0.25, 0.3) is 0 Å². The number of sulfone groups is 1. The summed E-state index contributed by atoms with van der Waals surface area (Å²) < 4.78 is 25.9. The fourth-order valence-corrected chi connectivity index (χ4v) is 5.48. The van der Waals surface area contributed by atoms with Gasteiger partial charge < -0.3 is 0 Å². The van der Waals surface area contributed by atoms with Crippen LogP contribution in [-0.2, 0) is 9.84 Å². The molecule has 0 radical (unpaired) electrons. The Morgan fingerprint density at radius 2 is 1.71 bits per heavy atom. The van der Waals surface area contributed by atoms with E-state index in [4.69, 9.17) is 11.6 Å². The van der Waals surface area contributed by atoms with Crippen LogP contribution in [0.15, 0.2) is 53.4 Å². The summed E-state index contributed by atoms with van der Waals surface area (Å²) in [6.07, 6.45) is 0. The van der Waals surface area contributed by atoms with E-state index in [0.717, 1.165) is 5.56 Å². The van der Waals surface area contributed by atoms with Gasteiger partial charge in [-0.15, -0.1) is 0 Å². The minimum atomic E-state index is -3.81. The van der Waals surface area contributed by atoms with Crippen molar-refractivity contribution in [2.45, 2.75) is 23.0 Å². The number of halogens is 1. The Morgan fingerprint density at radius 3 is 2.25 bits per heavy atom. The van der Waals surface area contributed by atoms with Gasteiger partial charge in [-0.3, -0.25) is 0 Å². The van der Waals surface area contributed by atoms with Gasteiger partial charge in [0, 0.05) is 10.9 Å². The monoisotopic (exact) mass is 356 g/mol. The van der Waals surface area contributed by atoms with E-state index in [1.54, 1.807) is 36.4 Å². The van der Waals surface area contributed by atoms with Crippen molar-refractivity contribution < 1.29 is 8.42 Å². The highest BCUT2D eigenvalue weighted by Gasteiger charge is 2.73. The van der Waals surface area contributed by atoms with E-state index < -0.39 is 26.4 Å². The second kappa shape index (κ2) is 5.63. The van der Waals surface area contributed by atoms with E-state index in [-0.39, 0.29) is 4.90 Å². The van der Waals surface area contributed by atoms with Gasteiger partial charge in [-0.2, -0.15) is 10.5 Å². The van der Waals surface area contributed by atoms with Crippen LogP contribution in [0.5, 0.6) is 0 Å². The first-order chi connectivity index (χ1) is 11.4. The van der Waals surface area contributed by atoms with Crippen molar-refractivity contribution in [3.8, 4) is 12.1 Å². The molecule has 0 aliphatic heterocycles. The van der Waals surface area contributed by atoms with E-state index in [9.17, 15) is 18.9 Å². The first-order valence-corrected chi connectivity index (χ1v) is 9.18. The SMILES string of the molecule is Cc1ccc(S(=O)(=O)C2C(c3cccc(Cl)c3)C2(C#N)C#N)cc1. The molecule has 2 unspecified atom stereocenters. The van der Waals surface area contributed by atoms with Crippen molar-refractivity contribution in [3.63, 3.8) is 0 Å². The summed E-state index contributed by atoms with van der Waals surface area (Å²) in [6.45, 7) is 1.86. The second-order valence-electron chi connectivity index (χ2n) is 5.90. The zero-order chi connectivity index (χ0) is 17.5. The Bertz CT molecular complexity index is 971. The molecule has 0 spiro atoms. The molecule has 2 atom stereocenters. The normalized spacial score (nSPS) is 21.5. The molecular weight excluding hydrogens is 344 g/mol. The van der Waals surface area contributed by atoms with Crippen LogP contribution < -0.4 is 0 Å². The maximum Gasteiger partial charge on any atom is 0.184 e. The number of aryl methyl sites for hydroxylation is 1. The summed E-state index contributed by atoms with van der Waals surface area (Å²) in [4.78, 5) is 0.123. The van der Waals surface area contributed by atoms with Crippen molar-refractivity contribution in [1.29, 1.82) is 10.5 Å². The van der Waals surface area contributed by atoms with Gasteiger partial charge >= 0.3 is 0 Å². The number of rotatable bonds is 3. The summed E-state index contributed by atoms with van der Waals surface area (Å²) in [7, 11) is -3.81. The zero-order valence-corrected chi connectivity index (χ0v) is 14.3. The number of hydrogen-bond acceptors (Lipinski definition) is 4. The summed E-state index contributed by atoms with van der Waals surface area (Å²) in [5, 5.41) is 18.4. The second-order valence-corrected chi connectivity index (χ2v) is 8.41. The molecule has 1 saturated carbocycles. The topological polar surface area (TPSA) is 81.7 Å². The van der Waals surface area contributed by atoms with Crippen LogP contribution >= 0.6 is 11.6 Å². The Hall–Kier alpha value is -2.34. The third kappa shape index (κ3) is 2.38. The highest BCUT2D eigenvalue weighted by molar-refractivity contribution is 7.92. The predicted octanol–water partition coefficient (Wildman–Crippen LogP) is 3.62. The van der Waals surface area contributed by atoms with Gasteiger partial charge in [0.05, 0.1) is 17.0 Å². The van der Waals surface area contributed by atoms with Gasteiger partial charge in [-0.05, 0) is 36.8 Å². The van der Waals surface area contributed by atoms with E-state index >= 15 is 0 Å². The van der Waals surface area contributed by atoms with Crippen molar-refractivity contribution >= 4 is 21.4 Å². The van der Waals surface area contributed by atoms with E-state index in [1.807, 2.05) is 19.1 Å². The Kier molecular flexibility index (Phi) is 3.87. The van der Waals surface area contributed by atoms with Gasteiger partial charge in [0.1, 0.15) is 5.25 Å². The lowest BCUT2D eigenvalue weighted by Gasteiger charge is -2.04. The first-order valence-electron chi connectivity index (χ1n) is 7.25. The van der Waals surface area contributed by atoms with Crippen LogP contribution in [-0.4, -0.2) is 13.7 Å². The Labute approximate surface area is 145 Å². The Balaban J connectivity index is 2.11. The maximum atomic E-state index is 13.0. The highest BCUT2D eigenvalue weighted by atomic mass is 35.5. The standard InChI is InChI=1S/C18H13ClN2O2S/c1-12-5-7-15(8-6-12)24(22,23)17-16(18(17,10-20)11-21)13-3-2-4-14(19)9-13/h2-9,16-17H,1H3. The molecule has 0 amide bonds. The van der Waals surface area contributed by atoms with Gasteiger partial charge in [0.2, 0.25) is 0 Å². The third-order valence-electron chi connectivity index (χ3n) is 4.39. The van der Waals surface area contributed by atoms with Crippen LogP contribution in [0.4, 0.5) is 0 Å². The van der Waals surface area contributed by atoms with Gasteiger partial charge in [0.15, 0.2) is 15.3 Å². The molecule has 1 fully saturated rings. The summed E-state index contributed by atoms with van der Waals surface area (Å²) in [5.74, 6) is -0.711. The summed E-state index contributed by atoms with van der Waals surface area (Å²) in [5.41, 5.74) is -0.0664. The van der Waals surface area contributed by atoms with Gasteiger partial charge in [-0.1, -0.05) is 41.4 Å². The molecule has 4 nitrogen and oxygen atoms in total. The molecule has 120 valence electrons. The molecule has 2 aromatic rings. The van der Waals surface area contributed by atoms with Crippen molar-refractivity contribution in [3.05, 3.63) is 64.7 Å². The molecule has 0 bridgehead atoms. The van der Waals surface area contributed by atoms with Crippen molar-refractivity contribution in [2.24, 2.45) is 5.41 Å². The Morgan fingerprint density at radius 1 is 1.08 bits per heavy atom. The average molecular weight is 357 g/mol. The van der Waals surface area contributed by atoms with Crippen molar-refractivity contribution in [1.82, 2.24) is 0 Å². The zero-order valence-electron chi connectivity index (χ0n) is 12.8. The summed E-state index contributed by atoms with van der Waals surface area (Å²) in [6, 6.07) is 16.9. The quantitative estimate of drug-likeness (QED) is 0.840. The molecule has 0 N–H and O–H groups in total. The molecule has 1 aliphatic rings. The van der Waals surface area contributed by atoms with Crippen LogP contribution in [0.3, 0.4) is 0 Å². The maximum absolute atomic E-state index is 13.0. The third-order valence-corrected chi connectivity index (χ3v) is 6.87. The fourth-order valence-electron chi connectivity index (χ4n) is 3.08. The van der Waals surface area contributed by atoms with Crippen LogP contribution in [0, 0.1) is 35.0 Å². The minimum Gasteiger partial charge on any atom is -0.223 e. The molecule has 0 aromatic heterocycles. The van der Waals surface area contributed by atoms with E-state index in [1.165, 1.54) is 12.1 Å². The fraction of sp³-hybridized carbons (Fsp3) is 0.222. The van der Waals surface area contributed by atoms with Crippen molar-refractivity contribution in [2.75, 3.05) is 0 Å². The largest absolute Gasteiger partial charge is 0.223 e. The van der Waals surface area contributed by atoms with Crippen LogP contribution in [0.1, 0.15) is 17.0 Å². The van der Waals surface area contributed by atoms with E-state index in [2.05, 4.69) is 0 Å². The molecular formula is C18H13ClN2O2S. The highest BCUT2D eigenvalue weighted by Crippen LogP contribution is 2.63. The lowest BCUT2D eigenvalue weighted by atomic mass is 10.0. The molecule has 0 heterocycles. The smallest absolute Gasteiger partial charge is 0.184 e. The van der Waals surface area contributed by atoms with E-state index in [0.29, 0.717) is 10.6 Å². The molecule has 24 heavy (non-hydrogen) atoms. The predicted molar refractivity (Wildman–Crippen MR) is 90.0 cm³/mol. The molecule has 1 aliphatic carbocycles. The molecule has 6 heteroatoms. The first kappa shape index (κ1) is 16.5. The molecule has 3 rings (SSSR count). The number of hydrogen-bond donors (Lipinski definition) is 0.